The first-order valence-corrected chi connectivity index (χ1v) is 5.48. The molecule has 0 radical (unpaired) electrons. The third-order valence-electron chi connectivity index (χ3n) is 2.07. The molecular formula is C11H16BrNO. The van der Waals surface area contributed by atoms with Crippen molar-refractivity contribution in [3.8, 4) is 0 Å². The Bertz CT molecular complexity index is 300. The number of rotatable bonds is 3. The van der Waals surface area contributed by atoms with Gasteiger partial charge in [0, 0.05) is 16.7 Å². The van der Waals surface area contributed by atoms with Crippen LogP contribution in [-0.2, 0) is 0 Å². The number of hydrogen-bond donors (Lipinski definition) is 2. The van der Waals surface area contributed by atoms with Crippen molar-refractivity contribution in [2.24, 2.45) is 0 Å². The Morgan fingerprint density at radius 3 is 2.29 bits per heavy atom. The van der Waals surface area contributed by atoms with Crippen LogP contribution in [0.5, 0.6) is 0 Å². The lowest BCUT2D eigenvalue weighted by Crippen LogP contribution is -2.16. The summed E-state index contributed by atoms with van der Waals surface area (Å²) in [4.78, 5) is 0. The number of nitrogens with one attached hydrogen (secondary N) is 1. The third-order valence-corrected chi connectivity index (χ3v) is 2.53. The number of aliphatic hydroxyl groups is 1. The lowest BCUT2D eigenvalue weighted by Gasteiger charge is -2.14. The summed E-state index contributed by atoms with van der Waals surface area (Å²) in [6, 6.07) is 4.13. The molecule has 0 saturated heterocycles. The summed E-state index contributed by atoms with van der Waals surface area (Å²) in [5.74, 6) is 0. The molecule has 2 N–H and O–H groups in total. The first kappa shape index (κ1) is 11.5. The van der Waals surface area contributed by atoms with Crippen molar-refractivity contribution < 1.29 is 5.11 Å². The van der Waals surface area contributed by atoms with E-state index in [4.69, 9.17) is 0 Å². The second-order valence-corrected chi connectivity index (χ2v) is 4.56. The molecule has 1 rings (SSSR count). The quantitative estimate of drug-likeness (QED) is 0.873. The first-order valence-electron chi connectivity index (χ1n) is 4.69. The third kappa shape index (κ3) is 3.00. The van der Waals surface area contributed by atoms with Crippen molar-refractivity contribution in [1.29, 1.82) is 0 Å². The van der Waals surface area contributed by atoms with E-state index >= 15 is 0 Å². The van der Waals surface area contributed by atoms with Crippen molar-refractivity contribution in [2.45, 2.75) is 26.9 Å². The lowest BCUT2D eigenvalue weighted by atomic mass is 10.1. The van der Waals surface area contributed by atoms with Crippen molar-refractivity contribution in [2.75, 3.05) is 11.9 Å². The maximum Gasteiger partial charge on any atom is 0.0684 e. The van der Waals surface area contributed by atoms with E-state index in [0.717, 1.165) is 10.2 Å². The highest BCUT2D eigenvalue weighted by molar-refractivity contribution is 9.10. The molecule has 0 spiro atoms. The Labute approximate surface area is 93.5 Å². The fourth-order valence-electron chi connectivity index (χ4n) is 1.44. The van der Waals surface area contributed by atoms with E-state index < -0.39 is 0 Å². The van der Waals surface area contributed by atoms with Crippen LogP contribution < -0.4 is 5.32 Å². The van der Waals surface area contributed by atoms with Crippen molar-refractivity contribution in [3.05, 3.63) is 27.7 Å². The van der Waals surface area contributed by atoms with Gasteiger partial charge in [-0.2, -0.15) is 0 Å². The van der Waals surface area contributed by atoms with E-state index in [1.165, 1.54) is 11.1 Å². The molecule has 0 heterocycles. The van der Waals surface area contributed by atoms with E-state index in [2.05, 4.69) is 47.2 Å². The zero-order valence-corrected chi connectivity index (χ0v) is 10.4. The zero-order valence-electron chi connectivity index (χ0n) is 8.76. The average molecular weight is 258 g/mol. The smallest absolute Gasteiger partial charge is 0.0684 e. The monoisotopic (exact) mass is 257 g/mol. The zero-order chi connectivity index (χ0) is 10.7. The van der Waals surface area contributed by atoms with Gasteiger partial charge in [0.1, 0.15) is 0 Å². The second-order valence-electron chi connectivity index (χ2n) is 3.64. The molecule has 0 aliphatic heterocycles. The van der Waals surface area contributed by atoms with Crippen LogP contribution in [0.2, 0.25) is 0 Å². The largest absolute Gasteiger partial charge is 0.392 e. The minimum atomic E-state index is -0.322. The highest BCUT2D eigenvalue weighted by Crippen LogP contribution is 2.24. The minimum Gasteiger partial charge on any atom is -0.392 e. The van der Waals surface area contributed by atoms with Crippen molar-refractivity contribution in [1.82, 2.24) is 0 Å². The number of aryl methyl sites for hydroxylation is 2. The fraction of sp³-hybridized carbons (Fsp3) is 0.455. The summed E-state index contributed by atoms with van der Waals surface area (Å²) in [5.41, 5.74) is 3.50. The van der Waals surface area contributed by atoms with Gasteiger partial charge in [-0.05, 0) is 44.0 Å². The van der Waals surface area contributed by atoms with Crippen LogP contribution in [-0.4, -0.2) is 17.8 Å². The van der Waals surface area contributed by atoms with Gasteiger partial charge in [0.25, 0.3) is 0 Å². The summed E-state index contributed by atoms with van der Waals surface area (Å²) in [6.07, 6.45) is -0.322. The number of anilines is 1. The van der Waals surface area contributed by atoms with Gasteiger partial charge >= 0.3 is 0 Å². The number of hydrogen-bond acceptors (Lipinski definition) is 2. The van der Waals surface area contributed by atoms with Crippen LogP contribution in [0.1, 0.15) is 18.1 Å². The highest BCUT2D eigenvalue weighted by atomic mass is 79.9. The maximum atomic E-state index is 9.18. The molecule has 3 heteroatoms. The van der Waals surface area contributed by atoms with E-state index in [0.29, 0.717) is 6.54 Å². The molecular weight excluding hydrogens is 242 g/mol. The topological polar surface area (TPSA) is 32.3 Å². The molecule has 1 atom stereocenters. The Kier molecular flexibility index (Phi) is 3.96. The molecule has 0 saturated carbocycles. The Hall–Kier alpha value is -0.540. The van der Waals surface area contributed by atoms with E-state index in [1.54, 1.807) is 6.92 Å². The van der Waals surface area contributed by atoms with E-state index in [1.807, 2.05) is 0 Å². The molecule has 0 bridgehead atoms. The summed E-state index contributed by atoms with van der Waals surface area (Å²) in [7, 11) is 0. The predicted molar refractivity (Wildman–Crippen MR) is 63.8 cm³/mol. The maximum absolute atomic E-state index is 9.18. The van der Waals surface area contributed by atoms with Gasteiger partial charge in [-0.3, -0.25) is 0 Å². The molecule has 14 heavy (non-hydrogen) atoms. The van der Waals surface area contributed by atoms with Crippen LogP contribution in [0.3, 0.4) is 0 Å². The Balaban J connectivity index is 2.86. The summed E-state index contributed by atoms with van der Waals surface area (Å²) < 4.78 is 1.09. The van der Waals surface area contributed by atoms with Crippen molar-refractivity contribution >= 4 is 21.6 Å². The van der Waals surface area contributed by atoms with Crippen LogP contribution >= 0.6 is 15.9 Å². The molecule has 1 aromatic carbocycles. The molecule has 0 amide bonds. The molecule has 78 valence electrons. The van der Waals surface area contributed by atoms with E-state index in [-0.39, 0.29) is 6.10 Å². The standard InChI is InChI=1S/C11H16BrNO/c1-7-4-10(12)5-8(2)11(7)13-6-9(3)14/h4-5,9,13-14H,6H2,1-3H3/t9-/m1/s1. The Morgan fingerprint density at radius 2 is 1.86 bits per heavy atom. The van der Waals surface area contributed by atoms with Crippen LogP contribution in [0.4, 0.5) is 5.69 Å². The lowest BCUT2D eigenvalue weighted by molar-refractivity contribution is 0.208. The van der Waals surface area contributed by atoms with Gasteiger partial charge in [0.15, 0.2) is 0 Å². The summed E-state index contributed by atoms with van der Waals surface area (Å²) in [5, 5.41) is 12.4. The van der Waals surface area contributed by atoms with Gasteiger partial charge in [-0.15, -0.1) is 0 Å². The Morgan fingerprint density at radius 1 is 1.36 bits per heavy atom. The highest BCUT2D eigenvalue weighted by Gasteiger charge is 2.04. The first-order chi connectivity index (χ1) is 6.50. The molecule has 0 fully saturated rings. The summed E-state index contributed by atoms with van der Waals surface area (Å²) >= 11 is 3.45. The van der Waals surface area contributed by atoms with Crippen molar-refractivity contribution in [3.63, 3.8) is 0 Å². The number of aliphatic hydroxyl groups excluding tert-OH is 1. The molecule has 0 aliphatic rings. The molecule has 0 unspecified atom stereocenters. The van der Waals surface area contributed by atoms with Gasteiger partial charge in [-0.1, -0.05) is 15.9 Å². The summed E-state index contributed by atoms with van der Waals surface area (Å²) in [6.45, 7) is 6.48. The number of benzene rings is 1. The fourth-order valence-corrected chi connectivity index (χ4v) is 2.13. The van der Waals surface area contributed by atoms with Gasteiger partial charge in [0.05, 0.1) is 6.10 Å². The van der Waals surface area contributed by atoms with E-state index in [9.17, 15) is 5.11 Å². The van der Waals surface area contributed by atoms with Gasteiger partial charge in [0.2, 0.25) is 0 Å². The van der Waals surface area contributed by atoms with Crippen LogP contribution in [0.25, 0.3) is 0 Å². The van der Waals surface area contributed by atoms with Crippen LogP contribution in [0.15, 0.2) is 16.6 Å². The van der Waals surface area contributed by atoms with Crippen LogP contribution in [0, 0.1) is 13.8 Å². The molecule has 2 nitrogen and oxygen atoms in total. The SMILES string of the molecule is Cc1cc(Br)cc(C)c1NC[C@@H](C)O. The molecule has 0 aliphatic carbocycles. The molecule has 1 aromatic rings. The molecule has 0 aromatic heterocycles. The van der Waals surface area contributed by atoms with Gasteiger partial charge < -0.3 is 10.4 Å². The number of halogens is 1. The minimum absolute atomic E-state index is 0.322. The predicted octanol–water partition coefficient (Wildman–Crippen LogP) is 2.86. The average Bonchev–Trinajstić information content (AvgIpc) is 2.01. The normalized spacial score (nSPS) is 12.6. The van der Waals surface area contributed by atoms with Gasteiger partial charge in [-0.25, -0.2) is 0 Å². The second kappa shape index (κ2) is 4.80.